The predicted octanol–water partition coefficient (Wildman–Crippen LogP) is 3.10. The summed E-state index contributed by atoms with van der Waals surface area (Å²) in [4.78, 5) is 38.4. The lowest BCUT2D eigenvalue weighted by Gasteiger charge is -2.33. The maximum Gasteiger partial charge on any atom is 0.311 e. The van der Waals surface area contributed by atoms with Gasteiger partial charge in [-0.25, -0.2) is 4.98 Å². The van der Waals surface area contributed by atoms with Crippen LogP contribution in [0.2, 0.25) is 0 Å². The van der Waals surface area contributed by atoms with Crippen molar-refractivity contribution in [2.45, 2.75) is 0 Å². The summed E-state index contributed by atoms with van der Waals surface area (Å²) in [6.45, 7) is 0.408. The molecule has 1 aliphatic heterocycles. The van der Waals surface area contributed by atoms with E-state index < -0.39 is 0 Å². The molecule has 0 bridgehead atoms. The van der Waals surface area contributed by atoms with Crippen molar-refractivity contribution in [3.05, 3.63) is 60.4 Å². The number of methoxy groups -OCH3 is 1. The fraction of sp³-hybridized carbons (Fsp3) is 0.200. The zero-order valence-electron chi connectivity index (χ0n) is 15.2. The summed E-state index contributed by atoms with van der Waals surface area (Å²) in [5, 5.41) is 1.30. The molecular formula is C20H18N4O3S. The zero-order chi connectivity index (χ0) is 19.5. The van der Waals surface area contributed by atoms with E-state index in [1.807, 2.05) is 41.3 Å². The number of aromatic amines is 1. The van der Waals surface area contributed by atoms with E-state index in [0.29, 0.717) is 28.7 Å². The van der Waals surface area contributed by atoms with E-state index in [1.165, 1.54) is 18.9 Å². The van der Waals surface area contributed by atoms with Crippen molar-refractivity contribution < 1.29 is 14.3 Å². The number of carbonyl (C=O) groups excluding carboxylic acids is 2. The van der Waals surface area contributed by atoms with Crippen LogP contribution in [0.1, 0.15) is 10.4 Å². The molecule has 1 aromatic carbocycles. The lowest BCUT2D eigenvalue weighted by molar-refractivity contribution is -0.144. The van der Waals surface area contributed by atoms with Crippen molar-refractivity contribution in [2.24, 2.45) is 10.9 Å². The van der Waals surface area contributed by atoms with E-state index in [1.54, 1.807) is 18.5 Å². The Hall–Kier alpha value is -3.13. The fourth-order valence-electron chi connectivity index (χ4n) is 3.11. The quantitative estimate of drug-likeness (QED) is 0.687. The third-order valence-corrected chi connectivity index (χ3v) is 5.67. The molecular weight excluding hydrogens is 376 g/mol. The van der Waals surface area contributed by atoms with Crippen LogP contribution in [0.25, 0.3) is 11.0 Å². The first-order valence-corrected chi connectivity index (χ1v) is 9.74. The van der Waals surface area contributed by atoms with E-state index in [4.69, 9.17) is 4.74 Å². The van der Waals surface area contributed by atoms with Crippen molar-refractivity contribution in [3.63, 3.8) is 0 Å². The maximum atomic E-state index is 12.9. The van der Waals surface area contributed by atoms with Crippen LogP contribution in [0, 0.1) is 5.92 Å². The molecule has 7 nitrogen and oxygen atoms in total. The number of thioether (sulfide) groups is 1. The molecule has 8 heteroatoms. The highest BCUT2D eigenvalue weighted by Crippen LogP contribution is 2.29. The molecule has 0 radical (unpaired) electrons. The molecule has 142 valence electrons. The molecule has 0 spiro atoms. The van der Waals surface area contributed by atoms with Crippen LogP contribution in [0.3, 0.4) is 0 Å². The van der Waals surface area contributed by atoms with Crippen molar-refractivity contribution in [1.29, 1.82) is 0 Å². The molecule has 3 aromatic rings. The summed E-state index contributed by atoms with van der Waals surface area (Å²) in [5.41, 5.74) is 1.99. The van der Waals surface area contributed by atoms with Crippen LogP contribution in [0.15, 0.2) is 59.9 Å². The number of aliphatic imine (C=N–C) groups is 1. The monoisotopic (exact) mass is 394 g/mol. The number of nitrogens with zero attached hydrogens (tertiary/aromatic N) is 3. The average molecular weight is 394 g/mol. The van der Waals surface area contributed by atoms with Gasteiger partial charge in [-0.15, -0.1) is 0 Å². The number of amides is 1. The minimum Gasteiger partial charge on any atom is -0.469 e. The number of anilines is 1. The molecule has 2 aromatic heterocycles. The number of esters is 1. The number of pyridine rings is 1. The maximum absolute atomic E-state index is 12.9. The van der Waals surface area contributed by atoms with Gasteiger partial charge in [0.2, 0.25) is 0 Å². The van der Waals surface area contributed by atoms with Crippen LogP contribution in [-0.4, -0.2) is 46.4 Å². The summed E-state index contributed by atoms with van der Waals surface area (Å²) < 4.78 is 4.90. The number of amidine groups is 1. The van der Waals surface area contributed by atoms with Crippen molar-refractivity contribution in [3.8, 4) is 0 Å². The van der Waals surface area contributed by atoms with Crippen LogP contribution in [-0.2, 0) is 9.53 Å². The Morgan fingerprint density at radius 1 is 1.25 bits per heavy atom. The van der Waals surface area contributed by atoms with Gasteiger partial charge in [0.15, 0.2) is 5.17 Å². The standard InChI is InChI=1S/C20H18N4O3S/c1-27-19(26)13-11-24(14-6-3-2-4-7-14)20(28-12-13)23-18(25)16-10-22-17-15(16)8-5-9-21-17/h2-10,13H,11-12H2,1H3,(H,21,22)/b23-20-. The molecule has 0 aliphatic carbocycles. The number of aromatic nitrogens is 2. The molecule has 1 amide bonds. The highest BCUT2D eigenvalue weighted by atomic mass is 32.2. The number of hydrogen-bond donors (Lipinski definition) is 1. The molecule has 1 fully saturated rings. The smallest absolute Gasteiger partial charge is 0.311 e. The Balaban J connectivity index is 1.68. The minimum absolute atomic E-state index is 0.262. The van der Waals surface area contributed by atoms with Crippen molar-refractivity contribution in [1.82, 2.24) is 9.97 Å². The summed E-state index contributed by atoms with van der Waals surface area (Å²) in [5.74, 6) is -0.389. The number of hydrogen-bond acceptors (Lipinski definition) is 5. The van der Waals surface area contributed by atoms with Gasteiger partial charge in [-0.2, -0.15) is 4.99 Å². The third kappa shape index (κ3) is 3.50. The van der Waals surface area contributed by atoms with E-state index >= 15 is 0 Å². The lowest BCUT2D eigenvalue weighted by atomic mass is 10.1. The summed E-state index contributed by atoms with van der Waals surface area (Å²) >= 11 is 1.38. The minimum atomic E-state index is -0.348. The van der Waals surface area contributed by atoms with Gasteiger partial charge in [-0.1, -0.05) is 30.0 Å². The first kappa shape index (κ1) is 18.2. The number of rotatable bonds is 3. The molecule has 1 saturated heterocycles. The van der Waals surface area contributed by atoms with Gasteiger partial charge in [0.25, 0.3) is 5.91 Å². The lowest BCUT2D eigenvalue weighted by Crippen LogP contribution is -2.43. The van der Waals surface area contributed by atoms with Gasteiger partial charge in [0, 0.05) is 35.8 Å². The molecule has 1 unspecified atom stereocenters. The Labute approximate surface area is 165 Å². The molecule has 1 aliphatic rings. The number of nitrogens with one attached hydrogen (secondary N) is 1. The topological polar surface area (TPSA) is 87.6 Å². The summed E-state index contributed by atoms with van der Waals surface area (Å²) in [7, 11) is 1.39. The van der Waals surface area contributed by atoms with Crippen LogP contribution in [0.4, 0.5) is 5.69 Å². The average Bonchev–Trinajstić information content (AvgIpc) is 3.18. The highest BCUT2D eigenvalue weighted by molar-refractivity contribution is 8.14. The Bertz CT molecular complexity index is 1050. The van der Waals surface area contributed by atoms with E-state index in [2.05, 4.69) is 15.0 Å². The van der Waals surface area contributed by atoms with Crippen LogP contribution in [0.5, 0.6) is 0 Å². The van der Waals surface area contributed by atoms with Gasteiger partial charge in [0.1, 0.15) is 5.65 Å². The number of carbonyl (C=O) groups is 2. The third-order valence-electron chi connectivity index (χ3n) is 4.53. The summed E-state index contributed by atoms with van der Waals surface area (Å²) in [6, 6.07) is 13.2. The highest BCUT2D eigenvalue weighted by Gasteiger charge is 2.32. The van der Waals surface area contributed by atoms with Crippen molar-refractivity contribution >= 4 is 45.5 Å². The normalized spacial score (nSPS) is 18.4. The van der Waals surface area contributed by atoms with Crippen molar-refractivity contribution in [2.75, 3.05) is 24.3 Å². The fourth-order valence-corrected chi connectivity index (χ4v) is 4.18. The largest absolute Gasteiger partial charge is 0.469 e. The number of fused-ring (bicyclic) bond motifs is 1. The first-order valence-electron chi connectivity index (χ1n) is 8.75. The molecule has 3 heterocycles. The van der Waals surface area contributed by atoms with Gasteiger partial charge in [-0.05, 0) is 24.3 Å². The Morgan fingerprint density at radius 2 is 2.07 bits per heavy atom. The van der Waals surface area contributed by atoms with Gasteiger partial charge in [0.05, 0.1) is 18.6 Å². The first-order chi connectivity index (χ1) is 13.7. The van der Waals surface area contributed by atoms with Gasteiger partial charge in [-0.3, -0.25) is 9.59 Å². The SMILES string of the molecule is COC(=O)C1CS/C(=N\C(=O)c2c[nH]c3ncccc23)N(c2ccccc2)C1. The zero-order valence-corrected chi connectivity index (χ0v) is 16.0. The van der Waals surface area contributed by atoms with Crippen LogP contribution >= 0.6 is 11.8 Å². The van der Waals surface area contributed by atoms with E-state index in [-0.39, 0.29) is 17.8 Å². The second-order valence-corrected chi connectivity index (χ2v) is 7.27. The second-order valence-electron chi connectivity index (χ2n) is 6.28. The predicted molar refractivity (Wildman–Crippen MR) is 110 cm³/mol. The molecule has 1 atom stereocenters. The van der Waals surface area contributed by atoms with Gasteiger partial charge < -0.3 is 14.6 Å². The molecule has 0 saturated carbocycles. The molecule has 4 rings (SSSR count). The van der Waals surface area contributed by atoms with Gasteiger partial charge >= 0.3 is 5.97 Å². The summed E-state index contributed by atoms with van der Waals surface area (Å²) in [6.07, 6.45) is 3.29. The second kappa shape index (κ2) is 7.85. The number of para-hydroxylation sites is 1. The number of H-pyrrole nitrogens is 1. The number of ether oxygens (including phenoxy) is 1. The number of benzene rings is 1. The molecule has 1 N–H and O–H groups in total. The Morgan fingerprint density at radius 3 is 2.86 bits per heavy atom. The van der Waals surface area contributed by atoms with E-state index in [0.717, 1.165) is 11.1 Å². The van der Waals surface area contributed by atoms with E-state index in [9.17, 15) is 9.59 Å². The molecule has 28 heavy (non-hydrogen) atoms. The Kier molecular flexibility index (Phi) is 5.12. The van der Waals surface area contributed by atoms with Crippen LogP contribution < -0.4 is 4.90 Å².